The van der Waals surface area contributed by atoms with Gasteiger partial charge in [0.05, 0.1) is 0 Å². The fraction of sp³-hybridized carbons (Fsp3) is 0.158. The van der Waals surface area contributed by atoms with Gasteiger partial charge in [-0.3, -0.25) is 9.59 Å². The molecule has 2 amide bonds. The highest BCUT2D eigenvalue weighted by Gasteiger charge is 2.17. The Kier molecular flexibility index (Phi) is 6.17. The highest BCUT2D eigenvalue weighted by atomic mass is 32.1. The topological polar surface area (TPSA) is 78.4 Å². The third kappa shape index (κ3) is 4.78. The third-order valence-corrected chi connectivity index (χ3v) is 5.93. The van der Waals surface area contributed by atoms with E-state index in [1.54, 1.807) is 11.3 Å². The second kappa shape index (κ2) is 8.75. The number of nitrogens with one attached hydrogen (secondary N) is 2. The van der Waals surface area contributed by atoms with Crippen molar-refractivity contribution in [2.75, 3.05) is 6.54 Å². The van der Waals surface area contributed by atoms with Gasteiger partial charge in [-0.15, -0.1) is 22.7 Å². The normalized spacial score (nSPS) is 11.7. The third-order valence-electron chi connectivity index (χ3n) is 3.68. The van der Waals surface area contributed by atoms with Crippen LogP contribution in [0.2, 0.25) is 0 Å². The van der Waals surface area contributed by atoms with Gasteiger partial charge in [0.25, 0.3) is 0 Å². The molecule has 26 heavy (non-hydrogen) atoms. The lowest BCUT2D eigenvalue weighted by Crippen LogP contribution is -2.41. The van der Waals surface area contributed by atoms with Crippen molar-refractivity contribution in [3.8, 4) is 9.75 Å². The van der Waals surface area contributed by atoms with Crippen molar-refractivity contribution in [3.63, 3.8) is 0 Å². The lowest BCUT2D eigenvalue weighted by atomic mass is 10.2. The number of aliphatic hydroxyl groups excluding tert-OH is 1. The number of aliphatic hydroxyl groups is 1. The summed E-state index contributed by atoms with van der Waals surface area (Å²) >= 11 is 3.11. The Morgan fingerprint density at radius 1 is 0.923 bits per heavy atom. The fourth-order valence-electron chi connectivity index (χ4n) is 2.31. The van der Waals surface area contributed by atoms with Crippen molar-refractivity contribution in [3.05, 3.63) is 70.4 Å². The van der Waals surface area contributed by atoms with E-state index in [0.717, 1.165) is 20.2 Å². The Morgan fingerprint density at radius 3 is 2.42 bits per heavy atom. The molecular weight excluding hydrogens is 368 g/mol. The summed E-state index contributed by atoms with van der Waals surface area (Å²) < 4.78 is 0. The van der Waals surface area contributed by atoms with Gasteiger partial charge in [0.2, 0.25) is 0 Å². The molecule has 3 rings (SSSR count). The number of carbonyl (C=O) groups is 2. The van der Waals surface area contributed by atoms with Crippen molar-refractivity contribution in [2.45, 2.75) is 12.6 Å². The molecule has 0 saturated heterocycles. The molecule has 2 aromatic heterocycles. The molecule has 2 heterocycles. The molecule has 0 radical (unpaired) electrons. The molecule has 0 saturated carbocycles. The quantitative estimate of drug-likeness (QED) is 0.570. The van der Waals surface area contributed by atoms with Gasteiger partial charge >= 0.3 is 11.8 Å². The van der Waals surface area contributed by atoms with E-state index in [-0.39, 0.29) is 13.1 Å². The maximum atomic E-state index is 11.9. The number of hydrogen-bond donors (Lipinski definition) is 3. The van der Waals surface area contributed by atoms with Crippen LogP contribution in [0.5, 0.6) is 0 Å². The summed E-state index contributed by atoms with van der Waals surface area (Å²) in [7, 11) is 0. The second-order valence-corrected chi connectivity index (χ2v) is 7.64. The minimum Gasteiger partial charge on any atom is -0.386 e. The zero-order valence-electron chi connectivity index (χ0n) is 13.8. The standard InChI is InChI=1S/C19H18N2O3S2/c22-14(15-8-9-17(26-15)16-7-4-10-25-16)12-21-19(24)18(23)20-11-13-5-2-1-3-6-13/h1-10,14,22H,11-12H2,(H,20,23)(H,21,24)/t14-/m0/s1. The van der Waals surface area contributed by atoms with Gasteiger partial charge < -0.3 is 15.7 Å². The molecule has 0 aliphatic heterocycles. The smallest absolute Gasteiger partial charge is 0.309 e. The molecule has 5 nitrogen and oxygen atoms in total. The highest BCUT2D eigenvalue weighted by Crippen LogP contribution is 2.33. The Morgan fingerprint density at radius 2 is 1.69 bits per heavy atom. The van der Waals surface area contributed by atoms with E-state index in [2.05, 4.69) is 10.6 Å². The molecule has 134 valence electrons. The summed E-state index contributed by atoms with van der Waals surface area (Å²) in [5, 5.41) is 17.3. The number of benzene rings is 1. The lowest BCUT2D eigenvalue weighted by molar-refractivity contribution is -0.139. The Bertz CT molecular complexity index is 860. The Hall–Kier alpha value is -2.48. The molecule has 0 aliphatic carbocycles. The Labute approximate surface area is 159 Å². The van der Waals surface area contributed by atoms with Crippen LogP contribution >= 0.6 is 22.7 Å². The number of rotatable bonds is 6. The molecule has 0 fully saturated rings. The minimum atomic E-state index is -0.848. The largest absolute Gasteiger partial charge is 0.386 e. The molecule has 0 spiro atoms. The fourth-order valence-corrected chi connectivity index (χ4v) is 4.14. The first-order chi connectivity index (χ1) is 12.6. The zero-order valence-corrected chi connectivity index (χ0v) is 15.5. The summed E-state index contributed by atoms with van der Waals surface area (Å²) in [5.74, 6) is -1.47. The van der Waals surface area contributed by atoms with E-state index < -0.39 is 17.9 Å². The maximum Gasteiger partial charge on any atom is 0.309 e. The van der Waals surface area contributed by atoms with Gasteiger partial charge in [0, 0.05) is 27.7 Å². The van der Waals surface area contributed by atoms with Crippen LogP contribution in [0.25, 0.3) is 9.75 Å². The van der Waals surface area contributed by atoms with E-state index in [1.165, 1.54) is 11.3 Å². The second-order valence-electron chi connectivity index (χ2n) is 5.57. The molecule has 0 aliphatic rings. The van der Waals surface area contributed by atoms with Crippen LogP contribution in [0.1, 0.15) is 16.5 Å². The molecule has 0 unspecified atom stereocenters. The van der Waals surface area contributed by atoms with E-state index in [9.17, 15) is 14.7 Å². The molecular formula is C19H18N2O3S2. The first-order valence-corrected chi connectivity index (χ1v) is 9.74. The summed E-state index contributed by atoms with van der Waals surface area (Å²) in [4.78, 5) is 26.6. The lowest BCUT2D eigenvalue weighted by Gasteiger charge is -2.10. The van der Waals surface area contributed by atoms with Gasteiger partial charge in [0.15, 0.2) is 0 Å². The average molecular weight is 386 g/mol. The van der Waals surface area contributed by atoms with Crippen LogP contribution in [0.15, 0.2) is 60.0 Å². The summed E-state index contributed by atoms with van der Waals surface area (Å²) in [6.45, 7) is 0.271. The first-order valence-electron chi connectivity index (χ1n) is 8.05. The summed E-state index contributed by atoms with van der Waals surface area (Å²) in [6.07, 6.45) is -0.848. The minimum absolute atomic E-state index is 0.0119. The van der Waals surface area contributed by atoms with Crippen molar-refractivity contribution >= 4 is 34.5 Å². The van der Waals surface area contributed by atoms with E-state index >= 15 is 0 Å². The number of hydrogen-bond acceptors (Lipinski definition) is 5. The molecule has 7 heteroatoms. The van der Waals surface area contributed by atoms with Crippen LogP contribution in [-0.4, -0.2) is 23.5 Å². The SMILES string of the molecule is O=C(NCc1ccccc1)C(=O)NC[C@H](O)c1ccc(-c2cccs2)s1. The number of carbonyl (C=O) groups excluding carboxylic acids is 2. The number of amides is 2. The molecule has 1 aromatic carbocycles. The van der Waals surface area contributed by atoms with E-state index in [1.807, 2.05) is 60.0 Å². The predicted octanol–water partition coefficient (Wildman–Crippen LogP) is 2.94. The first kappa shape index (κ1) is 18.3. The van der Waals surface area contributed by atoms with Gasteiger partial charge in [-0.1, -0.05) is 36.4 Å². The van der Waals surface area contributed by atoms with Gasteiger partial charge in [-0.2, -0.15) is 0 Å². The van der Waals surface area contributed by atoms with Crippen LogP contribution < -0.4 is 10.6 Å². The van der Waals surface area contributed by atoms with Crippen molar-refractivity contribution in [1.29, 1.82) is 0 Å². The van der Waals surface area contributed by atoms with Crippen LogP contribution in [0.3, 0.4) is 0 Å². The Balaban J connectivity index is 1.47. The molecule has 0 bridgehead atoms. The zero-order chi connectivity index (χ0) is 18.4. The van der Waals surface area contributed by atoms with E-state index in [0.29, 0.717) is 0 Å². The van der Waals surface area contributed by atoms with Crippen molar-refractivity contribution < 1.29 is 14.7 Å². The van der Waals surface area contributed by atoms with Crippen LogP contribution in [-0.2, 0) is 16.1 Å². The summed E-state index contributed by atoms with van der Waals surface area (Å²) in [5.41, 5.74) is 0.911. The molecule has 3 aromatic rings. The number of thiophene rings is 2. The van der Waals surface area contributed by atoms with Crippen LogP contribution in [0, 0.1) is 0 Å². The summed E-state index contributed by atoms with van der Waals surface area (Å²) in [6, 6.07) is 17.1. The monoisotopic (exact) mass is 386 g/mol. The molecule has 3 N–H and O–H groups in total. The van der Waals surface area contributed by atoms with Gasteiger partial charge in [-0.05, 0) is 29.1 Å². The predicted molar refractivity (Wildman–Crippen MR) is 104 cm³/mol. The van der Waals surface area contributed by atoms with Gasteiger partial charge in [0.1, 0.15) is 6.10 Å². The van der Waals surface area contributed by atoms with E-state index in [4.69, 9.17) is 0 Å². The van der Waals surface area contributed by atoms with Crippen molar-refractivity contribution in [2.24, 2.45) is 0 Å². The molecule has 1 atom stereocenters. The average Bonchev–Trinajstić information content (AvgIpc) is 3.36. The maximum absolute atomic E-state index is 11.9. The van der Waals surface area contributed by atoms with Crippen molar-refractivity contribution in [1.82, 2.24) is 10.6 Å². The highest BCUT2D eigenvalue weighted by molar-refractivity contribution is 7.21. The van der Waals surface area contributed by atoms with Gasteiger partial charge in [-0.25, -0.2) is 0 Å². The van der Waals surface area contributed by atoms with Crippen LogP contribution in [0.4, 0.5) is 0 Å².